The molecule has 3 heterocycles. The first-order valence-corrected chi connectivity index (χ1v) is 15.1. The number of methoxy groups -OCH3 is 1. The number of ether oxygens (including phenoxy) is 1. The van der Waals surface area contributed by atoms with Gasteiger partial charge in [-0.1, -0.05) is 59.7 Å². The summed E-state index contributed by atoms with van der Waals surface area (Å²) in [6, 6.07) is 12.8. The number of anilines is 3. The van der Waals surface area contributed by atoms with Crippen molar-refractivity contribution in [1.29, 1.82) is 0 Å². The van der Waals surface area contributed by atoms with Gasteiger partial charge in [-0.2, -0.15) is 10.1 Å². The van der Waals surface area contributed by atoms with E-state index in [2.05, 4.69) is 30.7 Å². The number of oxazole rings is 1. The van der Waals surface area contributed by atoms with Gasteiger partial charge in [0.05, 0.1) is 24.1 Å². The predicted octanol–water partition coefficient (Wildman–Crippen LogP) is 8.26. The van der Waals surface area contributed by atoms with Crippen LogP contribution in [0, 0.1) is 13.8 Å². The Morgan fingerprint density at radius 2 is 1.70 bits per heavy atom. The summed E-state index contributed by atoms with van der Waals surface area (Å²) >= 11 is 0. The first-order valence-electron chi connectivity index (χ1n) is 15.1. The van der Waals surface area contributed by atoms with Crippen LogP contribution in [0.1, 0.15) is 75.8 Å². The monoisotopic (exact) mass is 603 g/mol. The summed E-state index contributed by atoms with van der Waals surface area (Å²) in [5, 5.41) is 20.6. The quantitative estimate of drug-likeness (QED) is 0.151. The van der Waals surface area contributed by atoms with E-state index in [1.807, 2.05) is 97.3 Å². The largest absolute Gasteiger partial charge is 0.494 e. The van der Waals surface area contributed by atoms with Crippen LogP contribution in [0.2, 0.25) is 0 Å². The number of nitrogens with zero attached hydrogens (tertiary/aromatic N) is 5. The van der Waals surface area contributed by atoms with E-state index in [1.165, 1.54) is 13.3 Å². The van der Waals surface area contributed by atoms with Crippen LogP contribution in [-0.4, -0.2) is 42.9 Å². The van der Waals surface area contributed by atoms with Crippen LogP contribution in [0.4, 0.5) is 17.5 Å². The molecule has 0 unspecified atom stereocenters. The minimum atomic E-state index is -1.16. The van der Waals surface area contributed by atoms with E-state index in [0.717, 1.165) is 29.0 Å². The number of carboxylic acids is 1. The van der Waals surface area contributed by atoms with Crippen molar-refractivity contribution in [2.24, 2.45) is 0 Å². The average molecular weight is 604 g/mol. The van der Waals surface area contributed by atoms with Crippen LogP contribution in [0.25, 0.3) is 22.6 Å². The van der Waals surface area contributed by atoms with Gasteiger partial charge in [-0.15, -0.1) is 0 Å². The fourth-order valence-electron chi connectivity index (χ4n) is 4.32. The standard InChI is InChI=1S/C27H27N7O4.3C2H6/c1-5-34-16(3)18(15(2)33-34)13-28-27-29-14-19(26(35)36)24(32-27)30-21-11-8-9-17(23(21)37-4)25-31-20-10-6-7-12-22(20)38-25;3*1-2/h6-12,14H,5,13H2,1-4H3,(H,35,36)(H2,28,29,30,32);3*1-2H3. The predicted molar refractivity (Wildman–Crippen MR) is 177 cm³/mol. The highest BCUT2D eigenvalue weighted by molar-refractivity contribution is 5.94. The van der Waals surface area contributed by atoms with E-state index in [9.17, 15) is 9.90 Å². The third kappa shape index (κ3) is 7.91. The fourth-order valence-corrected chi connectivity index (χ4v) is 4.32. The molecular formula is C33H45N7O4. The Morgan fingerprint density at radius 1 is 1.00 bits per heavy atom. The molecule has 0 aliphatic heterocycles. The first-order chi connectivity index (χ1) is 21.4. The van der Waals surface area contributed by atoms with Crippen molar-refractivity contribution in [3.05, 3.63) is 71.2 Å². The minimum Gasteiger partial charge on any atom is -0.494 e. The molecule has 0 saturated heterocycles. The third-order valence-corrected chi connectivity index (χ3v) is 6.27. The van der Waals surface area contributed by atoms with Gasteiger partial charge < -0.3 is 24.9 Å². The van der Waals surface area contributed by atoms with E-state index in [1.54, 1.807) is 12.1 Å². The normalized spacial score (nSPS) is 9.95. The van der Waals surface area contributed by atoms with Gasteiger partial charge >= 0.3 is 5.97 Å². The van der Waals surface area contributed by atoms with Crippen LogP contribution in [0.3, 0.4) is 0 Å². The second-order valence-corrected chi connectivity index (χ2v) is 8.58. The number of nitrogens with one attached hydrogen (secondary N) is 2. The van der Waals surface area contributed by atoms with Gasteiger partial charge in [0.15, 0.2) is 17.2 Å². The molecule has 0 aliphatic carbocycles. The Kier molecular flexibility index (Phi) is 13.8. The number of carboxylic acid groups (broad SMARTS) is 1. The number of benzene rings is 2. The lowest BCUT2D eigenvalue weighted by Crippen LogP contribution is -2.11. The number of aromatic nitrogens is 5. The zero-order chi connectivity index (χ0) is 32.8. The maximum Gasteiger partial charge on any atom is 0.341 e. The summed E-state index contributed by atoms with van der Waals surface area (Å²) in [6.45, 7) is 19.2. The summed E-state index contributed by atoms with van der Waals surface area (Å²) in [5.41, 5.74) is 5.40. The number of hydrogen-bond donors (Lipinski definition) is 3. The molecule has 11 nitrogen and oxygen atoms in total. The lowest BCUT2D eigenvalue weighted by molar-refractivity contribution is 0.0697. The number of hydrogen-bond acceptors (Lipinski definition) is 9. The summed E-state index contributed by atoms with van der Waals surface area (Å²) in [6.07, 6.45) is 1.27. The lowest BCUT2D eigenvalue weighted by atomic mass is 10.1. The van der Waals surface area contributed by atoms with Gasteiger partial charge in [-0.05, 0) is 45.0 Å². The minimum absolute atomic E-state index is 0.0870. The molecule has 5 aromatic rings. The van der Waals surface area contributed by atoms with Gasteiger partial charge in [0.2, 0.25) is 11.8 Å². The number of aryl methyl sites for hydroxylation is 2. The molecule has 5 rings (SSSR count). The summed E-state index contributed by atoms with van der Waals surface area (Å²) in [7, 11) is 1.53. The molecule has 0 amide bonds. The Morgan fingerprint density at radius 3 is 2.32 bits per heavy atom. The maximum atomic E-state index is 12.0. The zero-order valence-electron chi connectivity index (χ0n) is 27.4. The van der Waals surface area contributed by atoms with E-state index in [0.29, 0.717) is 35.0 Å². The number of fused-ring (bicyclic) bond motifs is 1. The van der Waals surface area contributed by atoms with Gasteiger partial charge in [-0.25, -0.2) is 14.8 Å². The molecule has 0 atom stereocenters. The van der Waals surface area contributed by atoms with E-state index >= 15 is 0 Å². The molecule has 0 fully saturated rings. The summed E-state index contributed by atoms with van der Waals surface area (Å²) in [4.78, 5) is 25.2. The van der Waals surface area contributed by atoms with E-state index in [-0.39, 0.29) is 17.3 Å². The van der Waals surface area contributed by atoms with Crippen molar-refractivity contribution >= 4 is 34.5 Å². The van der Waals surface area contributed by atoms with Crippen LogP contribution in [0.5, 0.6) is 5.75 Å². The molecule has 236 valence electrons. The summed E-state index contributed by atoms with van der Waals surface area (Å²) < 4.78 is 13.6. The van der Waals surface area contributed by atoms with E-state index < -0.39 is 5.97 Å². The molecular weight excluding hydrogens is 558 g/mol. The molecule has 0 bridgehead atoms. The molecule has 0 radical (unpaired) electrons. The van der Waals surface area contributed by atoms with Crippen LogP contribution < -0.4 is 15.4 Å². The van der Waals surface area contributed by atoms with Crippen molar-refractivity contribution in [3.63, 3.8) is 0 Å². The highest BCUT2D eigenvalue weighted by atomic mass is 16.5. The molecule has 3 aromatic heterocycles. The molecule has 11 heteroatoms. The lowest BCUT2D eigenvalue weighted by Gasteiger charge is -2.15. The van der Waals surface area contributed by atoms with Gasteiger partial charge in [0.1, 0.15) is 11.1 Å². The highest BCUT2D eigenvalue weighted by Crippen LogP contribution is 2.38. The van der Waals surface area contributed by atoms with Crippen LogP contribution in [0.15, 0.2) is 53.1 Å². The molecule has 0 aliphatic rings. The Labute approximate surface area is 259 Å². The second kappa shape index (κ2) is 17.3. The third-order valence-electron chi connectivity index (χ3n) is 6.27. The number of para-hydroxylation sites is 3. The van der Waals surface area contributed by atoms with Gasteiger partial charge in [0.25, 0.3) is 0 Å². The first kappa shape index (κ1) is 35.3. The van der Waals surface area contributed by atoms with Crippen LogP contribution in [-0.2, 0) is 13.1 Å². The van der Waals surface area contributed by atoms with E-state index in [4.69, 9.17) is 9.15 Å². The van der Waals surface area contributed by atoms with Crippen LogP contribution >= 0.6 is 0 Å². The Bertz CT molecular complexity index is 1610. The topological polar surface area (TPSA) is 140 Å². The molecule has 0 saturated carbocycles. The molecule has 0 spiro atoms. The smallest absolute Gasteiger partial charge is 0.341 e. The Hall–Kier alpha value is -4.93. The van der Waals surface area contributed by atoms with Gasteiger partial charge in [0, 0.05) is 30.5 Å². The number of aromatic carboxylic acids is 1. The number of rotatable bonds is 9. The zero-order valence-corrected chi connectivity index (χ0v) is 27.4. The highest BCUT2D eigenvalue weighted by Gasteiger charge is 2.20. The fraction of sp³-hybridized carbons (Fsp3) is 0.364. The second-order valence-electron chi connectivity index (χ2n) is 8.58. The van der Waals surface area contributed by atoms with Crippen molar-refractivity contribution < 1.29 is 19.1 Å². The maximum absolute atomic E-state index is 12.0. The molecule has 3 N–H and O–H groups in total. The van der Waals surface area contributed by atoms with Crippen molar-refractivity contribution in [1.82, 2.24) is 24.7 Å². The molecule has 2 aromatic carbocycles. The summed E-state index contributed by atoms with van der Waals surface area (Å²) in [5.74, 6) is 0.0367. The van der Waals surface area contributed by atoms with Gasteiger partial charge in [-0.3, -0.25) is 4.68 Å². The average Bonchev–Trinajstić information content (AvgIpc) is 3.62. The van der Waals surface area contributed by atoms with Crippen molar-refractivity contribution in [2.45, 2.75) is 75.4 Å². The molecule has 44 heavy (non-hydrogen) atoms. The van der Waals surface area contributed by atoms with Crippen molar-refractivity contribution in [2.75, 3.05) is 17.7 Å². The SMILES string of the molecule is CC.CC.CC.CCn1nc(C)c(CNc2ncc(C(=O)O)c(Nc3cccc(-c4nc5ccccc5o4)c3OC)n2)c1C. The van der Waals surface area contributed by atoms with Crippen molar-refractivity contribution in [3.8, 4) is 17.2 Å². The Balaban J connectivity index is 0.00000106. The number of carbonyl (C=O) groups is 1.